The quantitative estimate of drug-likeness (QED) is 0.502. The summed E-state index contributed by atoms with van der Waals surface area (Å²) >= 11 is 0. The van der Waals surface area contributed by atoms with Crippen molar-refractivity contribution in [1.29, 1.82) is 0 Å². The van der Waals surface area contributed by atoms with E-state index in [2.05, 4.69) is 4.90 Å². The van der Waals surface area contributed by atoms with Crippen molar-refractivity contribution in [3.8, 4) is 11.5 Å². The number of nitrogens with zero attached hydrogens (tertiary/aromatic N) is 2. The Hall–Kier alpha value is -3.04. The zero-order valence-corrected chi connectivity index (χ0v) is 23.2. The maximum Gasteiger partial charge on any atom is 0.416 e. The Morgan fingerprint density at radius 3 is 2.71 bits per heavy atom. The normalized spacial score (nSPS) is 33.9. The van der Waals surface area contributed by atoms with Gasteiger partial charge in [0.25, 0.3) is 0 Å². The molecule has 0 radical (unpaired) electrons. The fraction of sp³-hybridized carbons (Fsp3) is 0.531. The summed E-state index contributed by atoms with van der Waals surface area (Å²) in [4.78, 5) is 17.6. The molecule has 5 aliphatic rings. The highest BCUT2D eigenvalue weighted by molar-refractivity contribution is 5.92. The first kappa shape index (κ1) is 26.8. The molecule has 2 saturated carbocycles. The van der Waals surface area contributed by atoms with E-state index in [9.17, 15) is 28.2 Å². The molecule has 9 heteroatoms. The third-order valence-electron chi connectivity index (χ3n) is 10.8. The molecule has 2 aliphatic heterocycles. The maximum atomic E-state index is 13.5. The first-order valence-corrected chi connectivity index (χ1v) is 14.5. The number of carbonyl (C=O) groups excluding carboxylic acids is 1. The van der Waals surface area contributed by atoms with Gasteiger partial charge in [-0.25, -0.2) is 0 Å². The van der Waals surface area contributed by atoms with Crippen molar-refractivity contribution in [3.63, 3.8) is 0 Å². The van der Waals surface area contributed by atoms with Crippen LogP contribution in [0.4, 0.5) is 13.2 Å². The third-order valence-corrected chi connectivity index (χ3v) is 10.8. The lowest BCUT2D eigenvalue weighted by Gasteiger charge is -2.68. The minimum absolute atomic E-state index is 0.0344. The van der Waals surface area contributed by atoms with Gasteiger partial charge in [-0.1, -0.05) is 18.2 Å². The van der Waals surface area contributed by atoms with E-state index in [0.717, 1.165) is 36.3 Å². The minimum Gasteiger partial charge on any atom is -0.504 e. The molecule has 3 fully saturated rings. The highest BCUT2D eigenvalue weighted by atomic mass is 19.4. The Balaban J connectivity index is 1.24. The Morgan fingerprint density at radius 1 is 1.20 bits per heavy atom. The Kier molecular flexibility index (Phi) is 5.72. The monoisotopic (exact) mass is 568 g/mol. The van der Waals surface area contributed by atoms with Crippen molar-refractivity contribution in [2.24, 2.45) is 5.92 Å². The molecule has 0 unspecified atom stereocenters. The summed E-state index contributed by atoms with van der Waals surface area (Å²) in [6.45, 7) is 3.74. The lowest BCUT2D eigenvalue weighted by molar-refractivity contribution is -0.229. The number of hydrogen-bond acceptors (Lipinski definition) is 5. The van der Waals surface area contributed by atoms with Crippen molar-refractivity contribution >= 4 is 12.0 Å². The van der Waals surface area contributed by atoms with E-state index < -0.39 is 34.4 Å². The number of rotatable bonds is 5. The largest absolute Gasteiger partial charge is 0.504 e. The Bertz CT molecular complexity index is 1450. The molecule has 0 aromatic heterocycles. The number of likely N-dealkylation sites (N-methyl/N-ethyl adjacent to an activating group) is 1. The lowest BCUT2D eigenvalue weighted by atomic mass is 9.44. The smallest absolute Gasteiger partial charge is 0.416 e. The van der Waals surface area contributed by atoms with E-state index >= 15 is 0 Å². The predicted molar refractivity (Wildman–Crippen MR) is 146 cm³/mol. The predicted octanol–water partition coefficient (Wildman–Crippen LogP) is 4.91. The number of carbonyl (C=O) groups is 1. The van der Waals surface area contributed by atoms with E-state index in [4.69, 9.17) is 4.74 Å². The van der Waals surface area contributed by atoms with Crippen LogP contribution in [-0.2, 0) is 22.8 Å². The summed E-state index contributed by atoms with van der Waals surface area (Å²) in [5, 5.41) is 23.7. The van der Waals surface area contributed by atoms with Gasteiger partial charge >= 0.3 is 6.18 Å². The molecule has 41 heavy (non-hydrogen) atoms. The third kappa shape index (κ3) is 3.67. The van der Waals surface area contributed by atoms with Crippen LogP contribution in [0.15, 0.2) is 42.5 Å². The fourth-order valence-electron chi connectivity index (χ4n) is 8.73. The van der Waals surface area contributed by atoms with Gasteiger partial charge in [0.2, 0.25) is 5.91 Å². The first-order chi connectivity index (χ1) is 19.4. The topological polar surface area (TPSA) is 73.2 Å². The number of halogens is 3. The number of piperidine rings is 1. The number of aliphatic hydroxyl groups is 1. The number of aromatic hydroxyl groups is 1. The van der Waals surface area contributed by atoms with E-state index in [1.807, 2.05) is 13.0 Å². The molecule has 1 saturated heterocycles. The maximum absolute atomic E-state index is 13.5. The van der Waals surface area contributed by atoms with E-state index in [0.29, 0.717) is 37.4 Å². The van der Waals surface area contributed by atoms with Crippen molar-refractivity contribution in [2.45, 2.75) is 80.3 Å². The standard InChI is InChI=1S/C32H35F3N2O4/c1-29-24(36(2)26(39)11-8-19-4-3-5-22(16-19)32(33,34)35)12-13-31(40)25-17-21-9-10-23(38)28(41-29)27(21)30(29,31)14-15-37(25)18-20-6-7-20/h3-5,8-11,16,20,24-25,38,40H,6-7,12-15,17-18H2,1-2H3/t24-,25+,29-,30-,31+/m0/s1. The van der Waals surface area contributed by atoms with E-state index in [1.165, 1.54) is 37.1 Å². The second-order valence-electron chi connectivity index (χ2n) is 12.9. The zero-order valence-electron chi connectivity index (χ0n) is 23.2. The second kappa shape index (κ2) is 8.74. The van der Waals surface area contributed by atoms with Crippen LogP contribution in [0.3, 0.4) is 0 Å². The molecule has 2 aromatic carbocycles. The van der Waals surface area contributed by atoms with E-state index in [1.54, 1.807) is 18.0 Å². The van der Waals surface area contributed by atoms with Crippen LogP contribution in [0.1, 0.15) is 61.3 Å². The van der Waals surface area contributed by atoms with Gasteiger partial charge in [0, 0.05) is 31.3 Å². The molecule has 2 bridgehead atoms. The number of likely N-dealkylation sites (tertiary alicyclic amines) is 1. The number of benzene rings is 2. The van der Waals surface area contributed by atoms with Crippen LogP contribution in [0, 0.1) is 5.92 Å². The molecular formula is C32H35F3N2O4. The average Bonchev–Trinajstić information content (AvgIpc) is 3.69. The number of alkyl halides is 3. The second-order valence-corrected chi connectivity index (χ2v) is 12.9. The highest BCUT2D eigenvalue weighted by Crippen LogP contribution is 2.69. The van der Waals surface area contributed by atoms with Crippen LogP contribution >= 0.6 is 0 Å². The summed E-state index contributed by atoms with van der Waals surface area (Å²) in [5.74, 6) is 0.759. The van der Waals surface area contributed by atoms with Gasteiger partial charge < -0.3 is 19.8 Å². The summed E-state index contributed by atoms with van der Waals surface area (Å²) in [6, 6.07) is 7.97. The molecule has 2 aromatic rings. The summed E-state index contributed by atoms with van der Waals surface area (Å²) in [7, 11) is 1.69. The molecule has 218 valence electrons. The highest BCUT2D eigenvalue weighted by Gasteiger charge is 2.78. The molecule has 1 spiro atoms. The fourth-order valence-corrected chi connectivity index (χ4v) is 8.73. The number of amides is 1. The summed E-state index contributed by atoms with van der Waals surface area (Å²) < 4.78 is 46.3. The minimum atomic E-state index is -4.47. The van der Waals surface area contributed by atoms with Crippen molar-refractivity contribution in [2.75, 3.05) is 20.1 Å². The van der Waals surface area contributed by atoms with Gasteiger partial charge in [0.15, 0.2) is 11.5 Å². The molecule has 3 aliphatic carbocycles. The number of hydrogen-bond donors (Lipinski definition) is 2. The van der Waals surface area contributed by atoms with Crippen LogP contribution < -0.4 is 4.74 Å². The van der Waals surface area contributed by atoms with Crippen molar-refractivity contribution < 1.29 is 32.9 Å². The molecule has 6 nitrogen and oxygen atoms in total. The molecular weight excluding hydrogens is 533 g/mol. The molecule has 1 amide bonds. The van der Waals surface area contributed by atoms with Crippen LogP contribution in [0.25, 0.3) is 6.08 Å². The lowest BCUT2D eigenvalue weighted by Crippen LogP contribution is -2.82. The van der Waals surface area contributed by atoms with Crippen LogP contribution in [0.5, 0.6) is 11.5 Å². The average molecular weight is 569 g/mol. The number of ether oxygens (including phenoxy) is 1. The number of phenols is 1. The molecule has 2 N–H and O–H groups in total. The van der Waals surface area contributed by atoms with E-state index in [-0.39, 0.29) is 23.3 Å². The zero-order chi connectivity index (χ0) is 28.9. The van der Waals surface area contributed by atoms with Gasteiger partial charge in [0.1, 0.15) is 5.60 Å². The van der Waals surface area contributed by atoms with Crippen LogP contribution in [-0.4, -0.2) is 69.3 Å². The van der Waals surface area contributed by atoms with Crippen molar-refractivity contribution in [3.05, 3.63) is 64.7 Å². The molecule has 5 atom stereocenters. The number of phenolic OH excluding ortho intramolecular Hbond substituents is 1. The summed E-state index contributed by atoms with van der Waals surface area (Å²) in [5.41, 5.74) is -1.45. The van der Waals surface area contributed by atoms with Crippen LogP contribution in [0.2, 0.25) is 0 Å². The van der Waals surface area contributed by atoms with Gasteiger partial charge in [-0.05, 0) is 93.3 Å². The Morgan fingerprint density at radius 2 is 1.98 bits per heavy atom. The van der Waals surface area contributed by atoms with Gasteiger partial charge in [0.05, 0.1) is 22.6 Å². The van der Waals surface area contributed by atoms with Gasteiger partial charge in [-0.2, -0.15) is 13.2 Å². The first-order valence-electron chi connectivity index (χ1n) is 14.5. The van der Waals surface area contributed by atoms with Gasteiger partial charge in [-0.15, -0.1) is 0 Å². The molecule has 7 rings (SSSR count). The van der Waals surface area contributed by atoms with Crippen molar-refractivity contribution in [1.82, 2.24) is 9.80 Å². The molecule has 2 heterocycles. The van der Waals surface area contributed by atoms with Gasteiger partial charge in [-0.3, -0.25) is 9.69 Å². The Labute approximate surface area is 237 Å². The summed E-state index contributed by atoms with van der Waals surface area (Å²) in [6.07, 6.45) is 2.98. The SMILES string of the molecule is CN(C(=O)C=Cc1cccc(C(F)(F)F)c1)[C@H]1CC[C@@]2(O)[C@H]3Cc4ccc(O)c5c4[C@@]2(CCN3CC2CC2)[C@@]1(C)O5.